The van der Waals surface area contributed by atoms with Crippen molar-refractivity contribution in [3.05, 3.63) is 59.2 Å². The van der Waals surface area contributed by atoms with Crippen molar-refractivity contribution >= 4 is 21.7 Å². The van der Waals surface area contributed by atoms with Gasteiger partial charge in [0.25, 0.3) is 10.0 Å². The molecule has 1 N–H and O–H groups in total. The van der Waals surface area contributed by atoms with Crippen molar-refractivity contribution in [2.45, 2.75) is 31.6 Å². The summed E-state index contributed by atoms with van der Waals surface area (Å²) in [6, 6.07) is 11.7. The molecular weight excluding hydrogens is 314 g/mol. The summed E-state index contributed by atoms with van der Waals surface area (Å²) in [4.78, 5) is 10.6. The maximum atomic E-state index is 12.5. The van der Waals surface area contributed by atoms with E-state index in [1.807, 2.05) is 32.0 Å². The number of nitrogens with one attached hydrogen (secondary N) is 1. The van der Waals surface area contributed by atoms with E-state index in [1.165, 1.54) is 12.1 Å². The molecule has 0 aliphatic heterocycles. The summed E-state index contributed by atoms with van der Waals surface area (Å²) in [5.41, 5.74) is 3.02. The minimum atomic E-state index is -3.69. The Hall–Kier alpha value is -2.34. The number of anilines is 1. The number of aryl methyl sites for hydroxylation is 3. The smallest absolute Gasteiger partial charge is 0.261 e. The van der Waals surface area contributed by atoms with E-state index in [-0.39, 0.29) is 11.3 Å². The van der Waals surface area contributed by atoms with Crippen LogP contribution < -0.4 is 9.83 Å². The van der Waals surface area contributed by atoms with Gasteiger partial charge in [0, 0.05) is 5.97 Å². The van der Waals surface area contributed by atoms with E-state index in [2.05, 4.69) is 4.72 Å². The summed E-state index contributed by atoms with van der Waals surface area (Å²) < 4.78 is 27.5. The van der Waals surface area contributed by atoms with Crippen molar-refractivity contribution in [2.24, 2.45) is 0 Å². The molecule has 0 unspecified atom stereocenters. The van der Waals surface area contributed by atoms with Gasteiger partial charge < -0.3 is 9.90 Å². The molecule has 0 aromatic heterocycles. The zero-order valence-electron chi connectivity index (χ0n) is 13.0. The molecule has 0 bridgehead atoms. The van der Waals surface area contributed by atoms with E-state index in [0.717, 1.165) is 16.7 Å². The van der Waals surface area contributed by atoms with Crippen LogP contribution in [-0.2, 0) is 21.2 Å². The highest BCUT2D eigenvalue weighted by molar-refractivity contribution is 7.92. The van der Waals surface area contributed by atoms with E-state index >= 15 is 0 Å². The molecule has 0 amide bonds. The average molecular weight is 332 g/mol. The number of carboxylic acids is 1. The minimum Gasteiger partial charge on any atom is -0.550 e. The van der Waals surface area contributed by atoms with Crippen LogP contribution in [0.25, 0.3) is 0 Å². The molecule has 0 saturated heterocycles. The number of hydrogen-bond donors (Lipinski definition) is 1. The Bertz CT molecular complexity index is 791. The highest BCUT2D eigenvalue weighted by Crippen LogP contribution is 2.23. The molecule has 2 rings (SSSR count). The fourth-order valence-electron chi connectivity index (χ4n) is 2.25. The predicted molar refractivity (Wildman–Crippen MR) is 86.5 cm³/mol. The number of sulfonamides is 1. The lowest BCUT2D eigenvalue weighted by Gasteiger charge is -2.13. The molecule has 2 aromatic carbocycles. The molecule has 0 aliphatic rings. The highest BCUT2D eigenvalue weighted by atomic mass is 32.2. The first-order chi connectivity index (χ1) is 10.8. The molecular formula is C17H18NO4S-. The van der Waals surface area contributed by atoms with Crippen LogP contribution in [0, 0.1) is 13.8 Å². The first-order valence-electron chi connectivity index (χ1n) is 7.17. The summed E-state index contributed by atoms with van der Waals surface area (Å²) in [5.74, 6) is -1.13. The lowest BCUT2D eigenvalue weighted by molar-refractivity contribution is -0.305. The van der Waals surface area contributed by atoms with E-state index in [9.17, 15) is 18.3 Å². The second kappa shape index (κ2) is 6.83. The largest absolute Gasteiger partial charge is 0.550 e. The Labute approximate surface area is 136 Å². The number of rotatable bonds is 6. The molecule has 0 saturated carbocycles. The van der Waals surface area contributed by atoms with Crippen LogP contribution in [0.5, 0.6) is 0 Å². The Morgan fingerprint density at radius 3 is 2.13 bits per heavy atom. The summed E-state index contributed by atoms with van der Waals surface area (Å²) in [5, 5.41) is 10.4. The maximum Gasteiger partial charge on any atom is 0.261 e. The first kappa shape index (κ1) is 17.0. The van der Waals surface area contributed by atoms with Gasteiger partial charge in [0.2, 0.25) is 0 Å². The Morgan fingerprint density at radius 2 is 1.61 bits per heavy atom. The molecule has 5 nitrogen and oxygen atoms in total. The zero-order valence-corrected chi connectivity index (χ0v) is 13.8. The SMILES string of the molecule is Cc1cccc(C)c1NS(=O)(=O)c1ccc(CCC(=O)[O-])cc1. The van der Waals surface area contributed by atoms with Crippen molar-refractivity contribution in [2.75, 3.05) is 4.72 Å². The topological polar surface area (TPSA) is 86.3 Å². The van der Waals surface area contributed by atoms with Crippen LogP contribution in [0.4, 0.5) is 5.69 Å². The number of hydrogen-bond acceptors (Lipinski definition) is 4. The van der Waals surface area contributed by atoms with Gasteiger partial charge in [-0.05, 0) is 55.5 Å². The lowest BCUT2D eigenvalue weighted by Crippen LogP contribution is -2.22. The number of benzene rings is 2. The standard InChI is InChI=1S/C17H19NO4S/c1-12-4-3-5-13(2)17(12)18-23(21,22)15-9-6-14(7-10-15)8-11-16(19)20/h3-7,9-10,18H,8,11H2,1-2H3,(H,19,20)/p-1. The molecule has 6 heteroatoms. The molecule has 0 heterocycles. The molecule has 0 spiro atoms. The van der Waals surface area contributed by atoms with Gasteiger partial charge in [-0.1, -0.05) is 30.3 Å². The molecule has 0 atom stereocenters. The van der Waals surface area contributed by atoms with Crippen LogP contribution in [0.15, 0.2) is 47.4 Å². The number of aliphatic carboxylic acids is 1. The van der Waals surface area contributed by atoms with Gasteiger partial charge in [-0.3, -0.25) is 4.72 Å². The van der Waals surface area contributed by atoms with Gasteiger partial charge in [0.05, 0.1) is 10.6 Å². The third-order valence-corrected chi connectivity index (χ3v) is 4.93. The molecule has 0 fully saturated rings. The van der Waals surface area contributed by atoms with Crippen molar-refractivity contribution in [1.29, 1.82) is 0 Å². The van der Waals surface area contributed by atoms with E-state index in [4.69, 9.17) is 0 Å². The van der Waals surface area contributed by atoms with Crippen molar-refractivity contribution < 1.29 is 18.3 Å². The third-order valence-electron chi connectivity index (χ3n) is 3.57. The van der Waals surface area contributed by atoms with Crippen molar-refractivity contribution in [3.8, 4) is 0 Å². The number of carbonyl (C=O) groups excluding carboxylic acids is 1. The van der Waals surface area contributed by atoms with Gasteiger partial charge in [-0.15, -0.1) is 0 Å². The van der Waals surface area contributed by atoms with E-state index in [0.29, 0.717) is 12.1 Å². The van der Waals surface area contributed by atoms with E-state index < -0.39 is 16.0 Å². The Morgan fingerprint density at radius 1 is 1.04 bits per heavy atom. The Kier molecular flexibility index (Phi) is 5.05. The van der Waals surface area contributed by atoms with Crippen LogP contribution in [-0.4, -0.2) is 14.4 Å². The fraction of sp³-hybridized carbons (Fsp3) is 0.235. The van der Waals surface area contributed by atoms with Crippen LogP contribution in [0.1, 0.15) is 23.1 Å². The van der Waals surface area contributed by atoms with Crippen LogP contribution in [0.2, 0.25) is 0 Å². The molecule has 0 aliphatic carbocycles. The predicted octanol–water partition coefficient (Wildman–Crippen LogP) is 1.79. The van der Waals surface area contributed by atoms with Gasteiger partial charge in [-0.2, -0.15) is 0 Å². The minimum absolute atomic E-state index is 0.0905. The third kappa shape index (κ3) is 4.32. The van der Waals surface area contributed by atoms with Crippen molar-refractivity contribution in [3.63, 3.8) is 0 Å². The lowest BCUT2D eigenvalue weighted by atomic mass is 10.1. The molecule has 2 aromatic rings. The van der Waals surface area contributed by atoms with Gasteiger partial charge in [0.1, 0.15) is 0 Å². The van der Waals surface area contributed by atoms with Gasteiger partial charge in [-0.25, -0.2) is 8.42 Å². The quantitative estimate of drug-likeness (QED) is 0.874. The normalized spacial score (nSPS) is 11.2. The molecule has 122 valence electrons. The Balaban J connectivity index is 2.21. The number of carboxylic acid groups (broad SMARTS) is 1. The zero-order chi connectivity index (χ0) is 17.0. The maximum absolute atomic E-state index is 12.5. The van der Waals surface area contributed by atoms with Gasteiger partial charge in [0.15, 0.2) is 0 Å². The second-order valence-corrected chi connectivity index (χ2v) is 7.07. The fourth-order valence-corrected chi connectivity index (χ4v) is 3.45. The van der Waals surface area contributed by atoms with E-state index in [1.54, 1.807) is 12.1 Å². The second-order valence-electron chi connectivity index (χ2n) is 5.39. The highest BCUT2D eigenvalue weighted by Gasteiger charge is 2.16. The van der Waals surface area contributed by atoms with Crippen LogP contribution in [0.3, 0.4) is 0 Å². The summed E-state index contributed by atoms with van der Waals surface area (Å²) in [6.45, 7) is 3.68. The molecule has 0 radical (unpaired) electrons. The summed E-state index contributed by atoms with van der Waals surface area (Å²) >= 11 is 0. The molecule has 23 heavy (non-hydrogen) atoms. The number of carbonyl (C=O) groups is 1. The van der Waals surface area contributed by atoms with Gasteiger partial charge >= 0.3 is 0 Å². The van der Waals surface area contributed by atoms with Crippen molar-refractivity contribution in [1.82, 2.24) is 0 Å². The first-order valence-corrected chi connectivity index (χ1v) is 8.66. The summed E-state index contributed by atoms with van der Waals surface area (Å²) in [6.07, 6.45) is 0.222. The summed E-state index contributed by atoms with van der Waals surface area (Å²) in [7, 11) is -3.69. The monoisotopic (exact) mass is 332 g/mol. The average Bonchev–Trinajstić information content (AvgIpc) is 2.49. The number of para-hydroxylation sites is 1. The van der Waals surface area contributed by atoms with Crippen LogP contribution >= 0.6 is 0 Å².